The summed E-state index contributed by atoms with van der Waals surface area (Å²) in [6, 6.07) is 14.5. The summed E-state index contributed by atoms with van der Waals surface area (Å²) in [6.07, 6.45) is 5.93. The number of benzene rings is 1. The summed E-state index contributed by atoms with van der Waals surface area (Å²) >= 11 is 1.81. The number of aliphatic imine (C=N–C) groups is 1. The molecular formula is C21H28IN5S. The number of guanidine groups is 1. The van der Waals surface area contributed by atoms with E-state index < -0.39 is 0 Å². The zero-order chi connectivity index (χ0) is 18.9. The number of hydrogen-bond donors (Lipinski definition) is 1. The Labute approximate surface area is 188 Å². The number of likely N-dealkylation sites (N-methyl/N-ethyl adjacent to an activating group) is 1. The molecule has 0 radical (unpaired) electrons. The Bertz CT molecular complexity index is 830. The second kappa shape index (κ2) is 11.9. The van der Waals surface area contributed by atoms with Crippen LogP contribution in [0.25, 0.3) is 5.69 Å². The van der Waals surface area contributed by atoms with Crippen LogP contribution >= 0.6 is 35.3 Å². The van der Waals surface area contributed by atoms with Gasteiger partial charge in [0.05, 0.1) is 11.9 Å². The number of nitrogens with zero attached hydrogens (tertiary/aromatic N) is 4. The van der Waals surface area contributed by atoms with Crippen molar-refractivity contribution in [1.82, 2.24) is 20.0 Å². The first-order valence-corrected chi connectivity index (χ1v) is 10.2. The van der Waals surface area contributed by atoms with E-state index in [1.54, 1.807) is 0 Å². The Morgan fingerprint density at radius 1 is 1.18 bits per heavy atom. The molecule has 3 aromatic rings. The van der Waals surface area contributed by atoms with Crippen LogP contribution in [0.15, 0.2) is 65.2 Å². The molecule has 0 spiro atoms. The quantitative estimate of drug-likeness (QED) is 0.281. The van der Waals surface area contributed by atoms with Crippen molar-refractivity contribution in [2.45, 2.75) is 19.8 Å². The SMILES string of the molecule is CCNC(=NCCc1cnn(-c2ccccc2)c1)N(C)CCc1cccs1.I. The highest BCUT2D eigenvalue weighted by Crippen LogP contribution is 2.10. The zero-order valence-electron chi connectivity index (χ0n) is 16.4. The van der Waals surface area contributed by atoms with Crippen molar-refractivity contribution in [1.29, 1.82) is 0 Å². The highest BCUT2D eigenvalue weighted by atomic mass is 127. The second-order valence-corrected chi connectivity index (χ2v) is 7.40. The van der Waals surface area contributed by atoms with E-state index in [2.05, 4.69) is 65.1 Å². The standard InChI is InChI=1S/C21H27N5S.HI/c1-3-22-21(25(2)14-12-20-10-7-15-27-20)23-13-11-18-16-24-26(17-18)19-8-5-4-6-9-19;/h4-10,15-17H,3,11-14H2,1-2H3,(H,22,23);1H. The molecule has 0 aliphatic heterocycles. The van der Waals surface area contributed by atoms with Crippen molar-refractivity contribution >= 4 is 41.3 Å². The Morgan fingerprint density at radius 2 is 2.00 bits per heavy atom. The molecule has 0 atom stereocenters. The maximum absolute atomic E-state index is 4.79. The molecule has 7 heteroatoms. The van der Waals surface area contributed by atoms with Crippen LogP contribution in [-0.4, -0.2) is 47.3 Å². The lowest BCUT2D eigenvalue weighted by Crippen LogP contribution is -2.40. The van der Waals surface area contributed by atoms with Gasteiger partial charge in [0, 0.05) is 37.8 Å². The van der Waals surface area contributed by atoms with Crippen molar-refractivity contribution in [2.24, 2.45) is 4.99 Å². The molecule has 0 aliphatic rings. The molecule has 0 unspecified atom stereocenters. The van der Waals surface area contributed by atoms with E-state index in [1.807, 2.05) is 40.4 Å². The van der Waals surface area contributed by atoms with Gasteiger partial charge in [-0.3, -0.25) is 4.99 Å². The van der Waals surface area contributed by atoms with Crippen molar-refractivity contribution < 1.29 is 0 Å². The zero-order valence-corrected chi connectivity index (χ0v) is 19.6. The van der Waals surface area contributed by atoms with E-state index in [-0.39, 0.29) is 24.0 Å². The lowest BCUT2D eigenvalue weighted by Gasteiger charge is -2.21. The van der Waals surface area contributed by atoms with E-state index in [9.17, 15) is 0 Å². The van der Waals surface area contributed by atoms with Crippen LogP contribution in [0.4, 0.5) is 0 Å². The monoisotopic (exact) mass is 509 g/mol. The molecule has 2 heterocycles. The Balaban J connectivity index is 0.00000280. The van der Waals surface area contributed by atoms with Gasteiger partial charge in [0.15, 0.2) is 5.96 Å². The average Bonchev–Trinajstić information content (AvgIpc) is 3.38. The maximum atomic E-state index is 4.79. The number of aromatic nitrogens is 2. The van der Waals surface area contributed by atoms with Gasteiger partial charge in [0.1, 0.15) is 0 Å². The van der Waals surface area contributed by atoms with Gasteiger partial charge in [-0.15, -0.1) is 35.3 Å². The highest BCUT2D eigenvalue weighted by Gasteiger charge is 2.07. The molecule has 0 amide bonds. The van der Waals surface area contributed by atoms with E-state index >= 15 is 0 Å². The summed E-state index contributed by atoms with van der Waals surface area (Å²) in [4.78, 5) is 8.40. The third kappa shape index (κ3) is 6.63. The fourth-order valence-electron chi connectivity index (χ4n) is 2.81. The molecule has 3 rings (SSSR count). The van der Waals surface area contributed by atoms with Gasteiger partial charge in [0.25, 0.3) is 0 Å². The predicted molar refractivity (Wildman–Crippen MR) is 129 cm³/mol. The molecule has 0 fully saturated rings. The number of hydrogen-bond acceptors (Lipinski definition) is 3. The van der Waals surface area contributed by atoms with Crippen molar-refractivity contribution in [2.75, 3.05) is 26.7 Å². The molecule has 0 saturated heterocycles. The second-order valence-electron chi connectivity index (χ2n) is 6.37. The van der Waals surface area contributed by atoms with E-state index in [0.717, 1.165) is 44.1 Å². The molecule has 1 aromatic carbocycles. The van der Waals surface area contributed by atoms with Crippen LogP contribution in [0.3, 0.4) is 0 Å². The van der Waals surface area contributed by atoms with Gasteiger partial charge in [-0.25, -0.2) is 4.68 Å². The van der Waals surface area contributed by atoms with Crippen LogP contribution in [-0.2, 0) is 12.8 Å². The van der Waals surface area contributed by atoms with E-state index in [4.69, 9.17) is 4.99 Å². The summed E-state index contributed by atoms with van der Waals surface area (Å²) in [6.45, 7) is 4.67. The number of nitrogens with one attached hydrogen (secondary N) is 1. The molecule has 0 aliphatic carbocycles. The van der Waals surface area contributed by atoms with Gasteiger partial charge in [-0.1, -0.05) is 24.3 Å². The third-order valence-electron chi connectivity index (χ3n) is 4.29. The van der Waals surface area contributed by atoms with E-state index in [0.29, 0.717) is 0 Å². The summed E-state index contributed by atoms with van der Waals surface area (Å²) < 4.78 is 1.91. The van der Waals surface area contributed by atoms with Crippen LogP contribution in [0.2, 0.25) is 0 Å². The summed E-state index contributed by atoms with van der Waals surface area (Å²) in [5.74, 6) is 0.963. The first-order chi connectivity index (χ1) is 13.3. The maximum Gasteiger partial charge on any atom is 0.193 e. The summed E-state index contributed by atoms with van der Waals surface area (Å²) in [5.41, 5.74) is 2.27. The topological polar surface area (TPSA) is 45.5 Å². The summed E-state index contributed by atoms with van der Waals surface area (Å²) in [5, 5.41) is 9.97. The van der Waals surface area contributed by atoms with E-state index in [1.165, 1.54) is 10.4 Å². The van der Waals surface area contributed by atoms with Crippen molar-refractivity contribution in [3.05, 3.63) is 70.7 Å². The lowest BCUT2D eigenvalue weighted by atomic mass is 10.2. The molecule has 2 aromatic heterocycles. The number of thiophene rings is 1. The van der Waals surface area contributed by atoms with Gasteiger partial charge in [-0.2, -0.15) is 5.10 Å². The third-order valence-corrected chi connectivity index (χ3v) is 5.23. The molecule has 28 heavy (non-hydrogen) atoms. The minimum absolute atomic E-state index is 0. The van der Waals surface area contributed by atoms with Crippen LogP contribution in [0, 0.1) is 0 Å². The minimum Gasteiger partial charge on any atom is -0.357 e. The number of para-hydroxylation sites is 1. The summed E-state index contributed by atoms with van der Waals surface area (Å²) in [7, 11) is 2.10. The molecule has 0 bridgehead atoms. The van der Waals surface area contributed by atoms with Gasteiger partial charge in [0.2, 0.25) is 0 Å². The molecular weight excluding hydrogens is 481 g/mol. The Morgan fingerprint density at radius 3 is 2.71 bits per heavy atom. The number of halogens is 1. The first kappa shape index (κ1) is 22.4. The van der Waals surface area contributed by atoms with Gasteiger partial charge >= 0.3 is 0 Å². The Kier molecular flexibility index (Phi) is 9.49. The predicted octanol–water partition coefficient (Wildman–Crippen LogP) is 4.23. The smallest absolute Gasteiger partial charge is 0.193 e. The van der Waals surface area contributed by atoms with Crippen molar-refractivity contribution in [3.8, 4) is 5.69 Å². The Hall–Kier alpha value is -1.87. The van der Waals surface area contributed by atoms with Crippen LogP contribution in [0.1, 0.15) is 17.4 Å². The normalized spacial score (nSPS) is 11.1. The number of rotatable bonds is 8. The molecule has 150 valence electrons. The van der Waals surface area contributed by atoms with Crippen LogP contribution < -0.4 is 5.32 Å². The average molecular weight is 509 g/mol. The van der Waals surface area contributed by atoms with Gasteiger partial charge in [-0.05, 0) is 48.9 Å². The molecule has 5 nitrogen and oxygen atoms in total. The fraction of sp³-hybridized carbons (Fsp3) is 0.333. The largest absolute Gasteiger partial charge is 0.357 e. The van der Waals surface area contributed by atoms with Crippen LogP contribution in [0.5, 0.6) is 0 Å². The van der Waals surface area contributed by atoms with Gasteiger partial charge < -0.3 is 10.2 Å². The minimum atomic E-state index is 0. The lowest BCUT2D eigenvalue weighted by molar-refractivity contribution is 0.487. The van der Waals surface area contributed by atoms with Crippen molar-refractivity contribution in [3.63, 3.8) is 0 Å². The highest BCUT2D eigenvalue weighted by molar-refractivity contribution is 14.0. The fourth-order valence-corrected chi connectivity index (χ4v) is 3.51. The molecule has 0 saturated carbocycles. The molecule has 1 N–H and O–H groups in total. The first-order valence-electron chi connectivity index (χ1n) is 9.37.